The highest BCUT2D eigenvalue weighted by Crippen LogP contribution is 2.26. The van der Waals surface area contributed by atoms with E-state index in [-0.39, 0.29) is 21.6 Å². The van der Waals surface area contributed by atoms with Gasteiger partial charge in [-0.3, -0.25) is 4.31 Å². The average Bonchev–Trinajstić information content (AvgIpc) is 2.42. The predicted octanol–water partition coefficient (Wildman–Crippen LogP) is 3.94. The summed E-state index contributed by atoms with van der Waals surface area (Å²) >= 11 is 2.97. The molecule has 0 aliphatic heterocycles. The van der Waals surface area contributed by atoms with E-state index in [0.29, 0.717) is 0 Å². The fourth-order valence-electron chi connectivity index (χ4n) is 1.89. The molecule has 3 nitrogen and oxygen atoms in total. The molecule has 0 N–H and O–H groups in total. The fraction of sp³-hybridized carbons (Fsp3) is 0.143. The van der Waals surface area contributed by atoms with Crippen LogP contribution in [-0.4, -0.2) is 15.0 Å². The lowest BCUT2D eigenvalue weighted by Gasteiger charge is -2.23. The summed E-state index contributed by atoms with van der Waals surface area (Å²) < 4.78 is 53.2. The molecule has 0 heterocycles. The third-order valence-corrected chi connectivity index (χ3v) is 5.40. The molecule has 7 heteroatoms. The highest BCUT2D eigenvalue weighted by atomic mass is 79.9. The first-order valence-electron chi connectivity index (χ1n) is 6.09. The first kappa shape index (κ1) is 15.9. The maximum absolute atomic E-state index is 13.6. The van der Waals surface area contributed by atoms with Crippen LogP contribution in [0.1, 0.15) is 6.92 Å². The zero-order chi connectivity index (χ0) is 15.6. The molecule has 21 heavy (non-hydrogen) atoms. The normalized spacial score (nSPS) is 11.4. The minimum atomic E-state index is -3.95. The first-order chi connectivity index (χ1) is 9.86. The third-order valence-electron chi connectivity index (χ3n) is 2.86. The van der Waals surface area contributed by atoms with Crippen molar-refractivity contribution in [2.75, 3.05) is 10.8 Å². The Morgan fingerprint density at radius 2 is 1.86 bits per heavy atom. The second-order valence-electron chi connectivity index (χ2n) is 4.23. The lowest BCUT2D eigenvalue weighted by Crippen LogP contribution is -2.30. The van der Waals surface area contributed by atoms with Crippen molar-refractivity contribution in [2.24, 2.45) is 0 Å². The van der Waals surface area contributed by atoms with Gasteiger partial charge < -0.3 is 0 Å². The third kappa shape index (κ3) is 3.24. The number of hydrogen-bond donors (Lipinski definition) is 0. The Hall–Kier alpha value is -1.47. The fourth-order valence-corrected chi connectivity index (χ4v) is 3.61. The minimum absolute atomic E-state index is 0.101. The molecular weight excluding hydrogens is 364 g/mol. The molecule has 0 amide bonds. The largest absolute Gasteiger partial charge is 0.267 e. The molecule has 2 rings (SSSR count). The molecule has 2 aromatic carbocycles. The summed E-state index contributed by atoms with van der Waals surface area (Å²) in [7, 11) is -3.95. The number of hydrogen-bond acceptors (Lipinski definition) is 2. The Morgan fingerprint density at radius 1 is 1.14 bits per heavy atom. The van der Waals surface area contributed by atoms with Gasteiger partial charge in [0, 0.05) is 6.54 Å². The van der Waals surface area contributed by atoms with Crippen molar-refractivity contribution in [3.05, 3.63) is 58.6 Å². The van der Waals surface area contributed by atoms with Crippen LogP contribution in [0.3, 0.4) is 0 Å². The van der Waals surface area contributed by atoms with E-state index in [0.717, 1.165) is 16.4 Å². The zero-order valence-electron chi connectivity index (χ0n) is 11.1. The number of halogens is 3. The van der Waals surface area contributed by atoms with E-state index in [4.69, 9.17) is 0 Å². The lowest BCUT2D eigenvalue weighted by molar-refractivity contribution is 0.585. The topological polar surface area (TPSA) is 37.4 Å². The molecule has 0 fully saturated rings. The van der Waals surface area contributed by atoms with Crippen molar-refractivity contribution < 1.29 is 17.2 Å². The Balaban J connectivity index is 2.51. The van der Waals surface area contributed by atoms with Crippen LogP contribution in [0.2, 0.25) is 0 Å². The SMILES string of the molecule is CCN(c1cccc(F)c1)S(=O)(=O)c1ccc(Br)c(F)c1. The highest BCUT2D eigenvalue weighted by Gasteiger charge is 2.24. The molecule has 0 aliphatic rings. The zero-order valence-corrected chi connectivity index (χ0v) is 13.5. The molecule has 0 aromatic heterocycles. The molecule has 0 bridgehead atoms. The van der Waals surface area contributed by atoms with Crippen molar-refractivity contribution in [1.82, 2.24) is 0 Å². The van der Waals surface area contributed by atoms with Gasteiger partial charge in [0.1, 0.15) is 11.6 Å². The Bertz CT molecular complexity index is 765. The first-order valence-corrected chi connectivity index (χ1v) is 8.33. The Labute approximate surface area is 130 Å². The predicted molar refractivity (Wildman–Crippen MR) is 80.7 cm³/mol. The Kier molecular flexibility index (Phi) is 4.63. The highest BCUT2D eigenvalue weighted by molar-refractivity contribution is 9.10. The van der Waals surface area contributed by atoms with Gasteiger partial charge in [-0.2, -0.15) is 0 Å². The van der Waals surface area contributed by atoms with Crippen molar-refractivity contribution in [1.29, 1.82) is 0 Å². The lowest BCUT2D eigenvalue weighted by atomic mass is 10.3. The van der Waals surface area contributed by atoms with Gasteiger partial charge in [0.05, 0.1) is 15.1 Å². The number of rotatable bonds is 4. The second-order valence-corrected chi connectivity index (χ2v) is 6.94. The summed E-state index contributed by atoms with van der Waals surface area (Å²) in [5.74, 6) is -1.21. The van der Waals surface area contributed by atoms with E-state index in [9.17, 15) is 17.2 Å². The smallest absolute Gasteiger partial charge is 0.264 e. The van der Waals surface area contributed by atoms with E-state index in [2.05, 4.69) is 15.9 Å². The number of benzene rings is 2. The van der Waals surface area contributed by atoms with Gasteiger partial charge in [-0.05, 0) is 59.3 Å². The number of sulfonamides is 1. The van der Waals surface area contributed by atoms with E-state index >= 15 is 0 Å². The van der Waals surface area contributed by atoms with Crippen molar-refractivity contribution in [2.45, 2.75) is 11.8 Å². The van der Waals surface area contributed by atoms with E-state index in [1.807, 2.05) is 0 Å². The molecule has 0 spiro atoms. The summed E-state index contributed by atoms with van der Waals surface area (Å²) in [5, 5.41) is 0. The summed E-state index contributed by atoms with van der Waals surface area (Å²) in [6, 6.07) is 8.80. The van der Waals surface area contributed by atoms with Crippen LogP contribution < -0.4 is 4.31 Å². The summed E-state index contributed by atoms with van der Waals surface area (Å²) in [5.41, 5.74) is 0.195. The van der Waals surface area contributed by atoms with Crippen LogP contribution in [0, 0.1) is 11.6 Å². The molecule has 0 unspecified atom stereocenters. The quantitative estimate of drug-likeness (QED) is 0.811. The van der Waals surface area contributed by atoms with Crippen LogP contribution in [0.15, 0.2) is 51.8 Å². The van der Waals surface area contributed by atoms with Gasteiger partial charge in [0.25, 0.3) is 10.0 Å². The van der Waals surface area contributed by atoms with Crippen LogP contribution in [0.25, 0.3) is 0 Å². The maximum Gasteiger partial charge on any atom is 0.264 e. The molecule has 0 saturated heterocycles. The summed E-state index contributed by atoms with van der Waals surface area (Å²) in [6.45, 7) is 1.72. The standard InChI is InChI=1S/C14H12BrF2NO2S/c1-2-18(11-5-3-4-10(16)8-11)21(19,20)12-6-7-13(15)14(17)9-12/h3-9H,2H2,1H3. The van der Waals surface area contributed by atoms with Crippen molar-refractivity contribution in [3.63, 3.8) is 0 Å². The summed E-state index contributed by atoms with van der Waals surface area (Å²) in [6.07, 6.45) is 0. The maximum atomic E-state index is 13.6. The van der Waals surface area contributed by atoms with E-state index in [1.165, 1.54) is 30.3 Å². The monoisotopic (exact) mass is 375 g/mol. The minimum Gasteiger partial charge on any atom is -0.267 e. The molecule has 2 aromatic rings. The van der Waals surface area contributed by atoms with Crippen LogP contribution >= 0.6 is 15.9 Å². The van der Waals surface area contributed by atoms with Gasteiger partial charge in [0.2, 0.25) is 0 Å². The molecule has 0 saturated carbocycles. The molecule has 0 radical (unpaired) electrons. The van der Waals surface area contributed by atoms with Crippen LogP contribution in [0.5, 0.6) is 0 Å². The number of anilines is 1. The van der Waals surface area contributed by atoms with Gasteiger partial charge in [-0.1, -0.05) is 6.07 Å². The molecule has 0 atom stereocenters. The number of nitrogens with zero attached hydrogens (tertiary/aromatic N) is 1. The van der Waals surface area contributed by atoms with Crippen LogP contribution in [-0.2, 0) is 10.0 Å². The van der Waals surface area contributed by atoms with Crippen LogP contribution in [0.4, 0.5) is 14.5 Å². The van der Waals surface area contributed by atoms with Gasteiger partial charge in [0.15, 0.2) is 0 Å². The van der Waals surface area contributed by atoms with Gasteiger partial charge in [-0.15, -0.1) is 0 Å². The Morgan fingerprint density at radius 3 is 2.43 bits per heavy atom. The molecular formula is C14H12BrF2NO2S. The van der Waals surface area contributed by atoms with Crippen molar-refractivity contribution >= 4 is 31.6 Å². The van der Waals surface area contributed by atoms with Gasteiger partial charge >= 0.3 is 0 Å². The average molecular weight is 376 g/mol. The summed E-state index contributed by atoms with van der Waals surface area (Å²) in [4.78, 5) is -0.186. The van der Waals surface area contributed by atoms with Gasteiger partial charge in [-0.25, -0.2) is 17.2 Å². The molecule has 0 aliphatic carbocycles. The second kappa shape index (κ2) is 6.11. The van der Waals surface area contributed by atoms with E-state index < -0.39 is 21.7 Å². The molecule has 112 valence electrons. The van der Waals surface area contributed by atoms with E-state index in [1.54, 1.807) is 6.92 Å². The van der Waals surface area contributed by atoms with Crippen molar-refractivity contribution in [3.8, 4) is 0 Å².